The van der Waals surface area contributed by atoms with Crippen LogP contribution in [0.4, 0.5) is 5.69 Å². The molecule has 0 spiro atoms. The van der Waals surface area contributed by atoms with Crippen LogP contribution in [0.25, 0.3) is 0 Å². The van der Waals surface area contributed by atoms with Crippen molar-refractivity contribution in [1.82, 2.24) is 5.32 Å². The topological polar surface area (TPSA) is 24.1 Å². The van der Waals surface area contributed by atoms with E-state index in [1.54, 1.807) is 0 Å². The molecule has 1 aromatic carbocycles. The van der Waals surface area contributed by atoms with E-state index in [1.807, 2.05) is 6.07 Å². The SMILES string of the molecule is CCNCC1CCc2cc(Cl)ccc2N1. The highest BCUT2D eigenvalue weighted by molar-refractivity contribution is 6.30. The average molecular weight is 225 g/mol. The summed E-state index contributed by atoms with van der Waals surface area (Å²) in [5.41, 5.74) is 2.59. The summed E-state index contributed by atoms with van der Waals surface area (Å²) in [5.74, 6) is 0. The number of likely N-dealkylation sites (N-methyl/N-ethyl adjacent to an activating group) is 1. The zero-order valence-electron chi connectivity index (χ0n) is 9.02. The van der Waals surface area contributed by atoms with E-state index in [0.717, 1.165) is 24.5 Å². The lowest BCUT2D eigenvalue weighted by atomic mass is 9.98. The Hall–Kier alpha value is -0.730. The summed E-state index contributed by atoms with van der Waals surface area (Å²) in [7, 11) is 0. The Morgan fingerprint density at radius 2 is 2.40 bits per heavy atom. The van der Waals surface area contributed by atoms with Crippen molar-refractivity contribution >= 4 is 17.3 Å². The number of hydrogen-bond acceptors (Lipinski definition) is 2. The molecule has 1 atom stereocenters. The number of benzene rings is 1. The van der Waals surface area contributed by atoms with E-state index in [2.05, 4.69) is 29.7 Å². The molecule has 0 bridgehead atoms. The molecule has 1 unspecified atom stereocenters. The number of halogens is 1. The molecule has 3 heteroatoms. The van der Waals surface area contributed by atoms with Crippen LogP contribution in [0.5, 0.6) is 0 Å². The van der Waals surface area contributed by atoms with Gasteiger partial charge in [-0.2, -0.15) is 0 Å². The Kier molecular flexibility index (Phi) is 3.49. The highest BCUT2D eigenvalue weighted by atomic mass is 35.5. The van der Waals surface area contributed by atoms with Gasteiger partial charge >= 0.3 is 0 Å². The van der Waals surface area contributed by atoms with Crippen molar-refractivity contribution in [1.29, 1.82) is 0 Å². The van der Waals surface area contributed by atoms with Gasteiger partial charge in [-0.25, -0.2) is 0 Å². The van der Waals surface area contributed by atoms with Crippen molar-refractivity contribution < 1.29 is 0 Å². The Morgan fingerprint density at radius 3 is 3.20 bits per heavy atom. The molecule has 1 aliphatic heterocycles. The van der Waals surface area contributed by atoms with Gasteiger partial charge in [0.05, 0.1) is 0 Å². The average Bonchev–Trinajstić information content (AvgIpc) is 2.26. The van der Waals surface area contributed by atoms with E-state index in [4.69, 9.17) is 11.6 Å². The maximum Gasteiger partial charge on any atom is 0.0410 e. The molecule has 2 nitrogen and oxygen atoms in total. The first-order valence-corrected chi connectivity index (χ1v) is 5.93. The molecule has 82 valence electrons. The molecule has 15 heavy (non-hydrogen) atoms. The molecule has 2 N–H and O–H groups in total. The second-order valence-electron chi connectivity index (χ2n) is 3.99. The van der Waals surface area contributed by atoms with Crippen molar-refractivity contribution in [3.8, 4) is 0 Å². The molecule has 0 aromatic heterocycles. The monoisotopic (exact) mass is 224 g/mol. The van der Waals surface area contributed by atoms with Crippen molar-refractivity contribution in [3.05, 3.63) is 28.8 Å². The van der Waals surface area contributed by atoms with Crippen molar-refractivity contribution in [2.45, 2.75) is 25.8 Å². The van der Waals surface area contributed by atoms with Gasteiger partial charge in [-0.15, -0.1) is 0 Å². The third kappa shape index (κ3) is 2.64. The number of nitrogens with one attached hydrogen (secondary N) is 2. The normalized spacial score (nSPS) is 19.5. The molecule has 2 rings (SSSR count). The van der Waals surface area contributed by atoms with E-state index < -0.39 is 0 Å². The molecular weight excluding hydrogens is 208 g/mol. The molecule has 1 aromatic rings. The zero-order chi connectivity index (χ0) is 10.7. The lowest BCUT2D eigenvalue weighted by Gasteiger charge is -2.27. The minimum atomic E-state index is 0.554. The summed E-state index contributed by atoms with van der Waals surface area (Å²) in [6, 6.07) is 6.64. The van der Waals surface area contributed by atoms with E-state index in [-0.39, 0.29) is 0 Å². The minimum absolute atomic E-state index is 0.554. The standard InChI is InChI=1S/C12H17ClN2/c1-2-14-8-11-5-3-9-7-10(13)4-6-12(9)15-11/h4,6-7,11,14-15H,2-3,5,8H2,1H3. The van der Waals surface area contributed by atoms with Crippen LogP contribution in [-0.4, -0.2) is 19.1 Å². The van der Waals surface area contributed by atoms with Crippen LogP contribution in [0.3, 0.4) is 0 Å². The van der Waals surface area contributed by atoms with Gasteiger partial charge in [0.2, 0.25) is 0 Å². The van der Waals surface area contributed by atoms with Crippen LogP contribution >= 0.6 is 11.6 Å². The fraction of sp³-hybridized carbons (Fsp3) is 0.500. The molecule has 0 fully saturated rings. The van der Waals surface area contributed by atoms with E-state index >= 15 is 0 Å². The largest absolute Gasteiger partial charge is 0.381 e. The molecule has 0 amide bonds. The number of rotatable bonds is 3. The number of fused-ring (bicyclic) bond motifs is 1. The Labute approximate surface area is 96.0 Å². The first kappa shape index (κ1) is 10.8. The van der Waals surface area contributed by atoms with Gasteiger partial charge in [-0.05, 0) is 43.1 Å². The first-order chi connectivity index (χ1) is 7.29. The summed E-state index contributed by atoms with van der Waals surface area (Å²) >= 11 is 5.96. The van der Waals surface area contributed by atoms with Gasteiger partial charge < -0.3 is 10.6 Å². The highest BCUT2D eigenvalue weighted by Crippen LogP contribution is 2.27. The molecule has 0 radical (unpaired) electrons. The van der Waals surface area contributed by atoms with Crippen LogP contribution in [-0.2, 0) is 6.42 Å². The van der Waals surface area contributed by atoms with Crippen LogP contribution in [0.2, 0.25) is 5.02 Å². The second-order valence-corrected chi connectivity index (χ2v) is 4.43. The Bertz CT molecular complexity index is 338. The van der Waals surface area contributed by atoms with E-state index in [9.17, 15) is 0 Å². The number of aryl methyl sites for hydroxylation is 1. The summed E-state index contributed by atoms with van der Waals surface area (Å²) in [6.45, 7) is 4.21. The van der Waals surface area contributed by atoms with Crippen molar-refractivity contribution in [3.63, 3.8) is 0 Å². The quantitative estimate of drug-likeness (QED) is 0.825. The van der Waals surface area contributed by atoms with Crippen LogP contribution in [0.15, 0.2) is 18.2 Å². The highest BCUT2D eigenvalue weighted by Gasteiger charge is 2.16. The summed E-state index contributed by atoms with van der Waals surface area (Å²) < 4.78 is 0. The fourth-order valence-corrected chi connectivity index (χ4v) is 2.20. The maximum atomic E-state index is 5.96. The van der Waals surface area contributed by atoms with Crippen LogP contribution < -0.4 is 10.6 Å². The molecule has 0 aliphatic carbocycles. The lowest BCUT2D eigenvalue weighted by Crippen LogP contribution is -2.35. The van der Waals surface area contributed by atoms with Gasteiger partial charge in [-0.1, -0.05) is 18.5 Å². The lowest BCUT2D eigenvalue weighted by molar-refractivity contribution is 0.571. The first-order valence-electron chi connectivity index (χ1n) is 5.55. The fourth-order valence-electron chi connectivity index (χ4n) is 2.00. The zero-order valence-corrected chi connectivity index (χ0v) is 9.77. The smallest absolute Gasteiger partial charge is 0.0410 e. The van der Waals surface area contributed by atoms with E-state index in [1.165, 1.54) is 17.7 Å². The molecule has 0 saturated heterocycles. The molecule has 0 saturated carbocycles. The molecule has 1 heterocycles. The predicted octanol–water partition coefficient (Wildman–Crippen LogP) is 2.68. The van der Waals surface area contributed by atoms with Crippen LogP contribution in [0.1, 0.15) is 18.9 Å². The number of hydrogen-bond donors (Lipinski definition) is 2. The summed E-state index contributed by atoms with van der Waals surface area (Å²) in [5, 5.41) is 7.74. The van der Waals surface area contributed by atoms with Crippen molar-refractivity contribution in [2.75, 3.05) is 18.4 Å². The second kappa shape index (κ2) is 4.86. The maximum absolute atomic E-state index is 5.96. The summed E-state index contributed by atoms with van der Waals surface area (Å²) in [4.78, 5) is 0. The third-order valence-corrected chi connectivity index (χ3v) is 3.06. The molecule has 1 aliphatic rings. The minimum Gasteiger partial charge on any atom is -0.381 e. The van der Waals surface area contributed by atoms with Gasteiger partial charge in [-0.3, -0.25) is 0 Å². The van der Waals surface area contributed by atoms with Crippen LogP contribution in [0, 0.1) is 0 Å². The Balaban J connectivity index is 2.03. The van der Waals surface area contributed by atoms with Crippen molar-refractivity contribution in [2.24, 2.45) is 0 Å². The van der Waals surface area contributed by atoms with Gasteiger partial charge in [0, 0.05) is 23.3 Å². The number of anilines is 1. The Morgan fingerprint density at radius 1 is 1.53 bits per heavy atom. The molecular formula is C12H17ClN2. The van der Waals surface area contributed by atoms with Gasteiger partial charge in [0.1, 0.15) is 0 Å². The van der Waals surface area contributed by atoms with Gasteiger partial charge in [0.25, 0.3) is 0 Å². The summed E-state index contributed by atoms with van der Waals surface area (Å²) in [6.07, 6.45) is 2.30. The van der Waals surface area contributed by atoms with Gasteiger partial charge in [0.15, 0.2) is 0 Å². The van der Waals surface area contributed by atoms with E-state index in [0.29, 0.717) is 6.04 Å². The third-order valence-electron chi connectivity index (χ3n) is 2.83. The predicted molar refractivity (Wildman–Crippen MR) is 65.7 cm³/mol.